The molecule has 1 heteroatoms. The molecule has 3 saturated carbocycles. The fraction of sp³-hybridized carbons (Fsp3) is 0.895. The molecule has 0 aliphatic heterocycles. The first-order chi connectivity index (χ1) is 9.42. The van der Waals surface area contributed by atoms with Crippen molar-refractivity contribution >= 4 is 0 Å². The number of fused-ring (bicyclic) bond motifs is 4. The maximum Gasteiger partial charge on any atom is 0.0131 e. The van der Waals surface area contributed by atoms with Crippen LogP contribution in [0.25, 0.3) is 0 Å². The molecule has 1 N–H and O–H groups in total. The first-order valence-electron chi connectivity index (χ1n) is 8.86. The molecule has 112 valence electrons. The van der Waals surface area contributed by atoms with Gasteiger partial charge in [0.25, 0.3) is 0 Å². The minimum atomic E-state index is 0.527. The van der Waals surface area contributed by atoms with E-state index >= 15 is 0 Å². The van der Waals surface area contributed by atoms with Crippen LogP contribution in [0.3, 0.4) is 0 Å². The second-order valence-corrected chi connectivity index (χ2v) is 9.06. The molecule has 0 saturated heterocycles. The Hall–Kier alpha value is -0.300. The third-order valence-corrected chi connectivity index (χ3v) is 8.23. The van der Waals surface area contributed by atoms with E-state index in [0.29, 0.717) is 16.9 Å². The van der Waals surface area contributed by atoms with E-state index in [1.54, 1.807) is 0 Å². The topological polar surface area (TPSA) is 12.0 Å². The van der Waals surface area contributed by atoms with Gasteiger partial charge in [-0.1, -0.05) is 32.9 Å². The largest absolute Gasteiger partial charge is 0.311 e. The molecule has 0 amide bonds. The van der Waals surface area contributed by atoms with Gasteiger partial charge in [-0.05, 0) is 73.5 Å². The maximum absolute atomic E-state index is 4.10. The Morgan fingerprint density at radius 2 is 1.90 bits per heavy atom. The molecule has 4 aliphatic carbocycles. The molecule has 0 aromatic rings. The first kappa shape index (κ1) is 13.4. The van der Waals surface area contributed by atoms with Crippen molar-refractivity contribution in [1.82, 2.24) is 5.32 Å². The molecule has 4 bridgehead atoms. The van der Waals surface area contributed by atoms with Crippen LogP contribution in [0.1, 0.15) is 59.8 Å². The molecule has 20 heavy (non-hydrogen) atoms. The van der Waals surface area contributed by atoms with Crippen LogP contribution in [0.4, 0.5) is 0 Å². The van der Waals surface area contributed by atoms with Gasteiger partial charge >= 0.3 is 0 Å². The molecular formula is C19H31N. The number of hydrogen-bond acceptors (Lipinski definition) is 1. The van der Waals surface area contributed by atoms with Gasteiger partial charge in [-0.2, -0.15) is 0 Å². The van der Waals surface area contributed by atoms with Crippen LogP contribution in [0.5, 0.6) is 0 Å². The lowest BCUT2D eigenvalue weighted by Crippen LogP contribution is -2.50. The van der Waals surface area contributed by atoms with Gasteiger partial charge in [0.05, 0.1) is 0 Å². The van der Waals surface area contributed by atoms with Gasteiger partial charge in [0.1, 0.15) is 0 Å². The average molecular weight is 273 g/mol. The Morgan fingerprint density at radius 1 is 1.10 bits per heavy atom. The number of nitrogens with one attached hydrogen (secondary N) is 1. The summed E-state index contributed by atoms with van der Waals surface area (Å²) >= 11 is 0. The predicted octanol–water partition coefficient (Wildman–Crippen LogP) is 4.39. The second-order valence-electron chi connectivity index (χ2n) is 9.06. The highest BCUT2D eigenvalue weighted by molar-refractivity contribution is 5.15. The van der Waals surface area contributed by atoms with Crippen molar-refractivity contribution in [2.45, 2.75) is 71.9 Å². The highest BCUT2D eigenvalue weighted by atomic mass is 15.0. The second kappa shape index (κ2) is 4.12. The summed E-state index contributed by atoms with van der Waals surface area (Å²) in [5.74, 6) is 3.64. The molecule has 0 heterocycles. The first-order valence-corrected chi connectivity index (χ1v) is 8.86. The van der Waals surface area contributed by atoms with Crippen LogP contribution in [-0.4, -0.2) is 12.1 Å². The number of hydrogen-bond donors (Lipinski definition) is 1. The lowest BCUT2D eigenvalue weighted by molar-refractivity contribution is 0.109. The van der Waals surface area contributed by atoms with Crippen molar-refractivity contribution in [2.75, 3.05) is 0 Å². The van der Waals surface area contributed by atoms with E-state index in [9.17, 15) is 0 Å². The lowest BCUT2D eigenvalue weighted by atomic mass is 9.69. The molecule has 0 spiro atoms. The zero-order chi connectivity index (χ0) is 14.1. The van der Waals surface area contributed by atoms with Crippen molar-refractivity contribution in [3.63, 3.8) is 0 Å². The van der Waals surface area contributed by atoms with Gasteiger partial charge in [0.15, 0.2) is 0 Å². The Balaban J connectivity index is 1.47. The molecule has 0 aromatic carbocycles. The zero-order valence-corrected chi connectivity index (χ0v) is 13.7. The minimum Gasteiger partial charge on any atom is -0.311 e. The summed E-state index contributed by atoms with van der Waals surface area (Å²) in [5, 5.41) is 4.10. The van der Waals surface area contributed by atoms with Gasteiger partial charge in [0, 0.05) is 12.1 Å². The molecule has 4 aliphatic rings. The Morgan fingerprint density at radius 3 is 2.40 bits per heavy atom. The fourth-order valence-electron chi connectivity index (χ4n) is 6.29. The fourth-order valence-corrected chi connectivity index (χ4v) is 6.29. The smallest absolute Gasteiger partial charge is 0.0131 e. The Labute approximate surface area is 124 Å². The molecule has 7 unspecified atom stereocenters. The summed E-state index contributed by atoms with van der Waals surface area (Å²) in [7, 11) is 0. The normalized spacial score (nSPS) is 52.9. The molecule has 4 rings (SSSR count). The van der Waals surface area contributed by atoms with E-state index in [1.165, 1.54) is 32.1 Å². The summed E-state index contributed by atoms with van der Waals surface area (Å²) in [6.07, 6.45) is 12.2. The molecule has 0 aromatic heterocycles. The zero-order valence-electron chi connectivity index (χ0n) is 13.7. The highest BCUT2D eigenvalue weighted by Crippen LogP contribution is 2.65. The van der Waals surface area contributed by atoms with Gasteiger partial charge < -0.3 is 5.32 Å². The van der Waals surface area contributed by atoms with Crippen LogP contribution in [0, 0.1) is 34.5 Å². The number of rotatable bonds is 3. The van der Waals surface area contributed by atoms with E-state index in [4.69, 9.17) is 0 Å². The van der Waals surface area contributed by atoms with E-state index in [-0.39, 0.29) is 0 Å². The van der Waals surface area contributed by atoms with Crippen LogP contribution in [0.2, 0.25) is 0 Å². The van der Waals surface area contributed by atoms with Crippen molar-refractivity contribution in [3.8, 4) is 0 Å². The van der Waals surface area contributed by atoms with Crippen LogP contribution < -0.4 is 5.32 Å². The van der Waals surface area contributed by atoms with Gasteiger partial charge in [-0.25, -0.2) is 0 Å². The Kier molecular flexibility index (Phi) is 2.76. The molecule has 3 fully saturated rings. The standard InChI is InChI=1S/C19H31N/c1-12(16-10-13-5-6-14(16)9-13)20-17-11-15-7-8-19(17,4)18(15,2)3/h5-6,12-17,20H,7-11H2,1-4H3. The third-order valence-electron chi connectivity index (χ3n) is 8.23. The predicted molar refractivity (Wildman–Crippen MR) is 84.5 cm³/mol. The van der Waals surface area contributed by atoms with Crippen molar-refractivity contribution < 1.29 is 0 Å². The Bertz CT molecular complexity index is 437. The maximum atomic E-state index is 4.10. The van der Waals surface area contributed by atoms with E-state index < -0.39 is 0 Å². The SMILES string of the molecule is CC(NC1CC2CCC1(C)C2(C)C)C1CC2C=CC1C2. The highest BCUT2D eigenvalue weighted by Gasteiger charge is 2.61. The summed E-state index contributed by atoms with van der Waals surface area (Å²) in [5.41, 5.74) is 1.07. The van der Waals surface area contributed by atoms with Crippen LogP contribution in [0.15, 0.2) is 12.2 Å². The van der Waals surface area contributed by atoms with Gasteiger partial charge in [0.2, 0.25) is 0 Å². The molecule has 7 atom stereocenters. The van der Waals surface area contributed by atoms with E-state index in [0.717, 1.165) is 29.7 Å². The average Bonchev–Trinajstić information content (AvgIpc) is 3.10. The van der Waals surface area contributed by atoms with Crippen LogP contribution >= 0.6 is 0 Å². The van der Waals surface area contributed by atoms with E-state index in [1.807, 2.05) is 0 Å². The minimum absolute atomic E-state index is 0.527. The summed E-state index contributed by atoms with van der Waals surface area (Å²) < 4.78 is 0. The molecule has 1 nitrogen and oxygen atoms in total. The van der Waals surface area contributed by atoms with Gasteiger partial charge in [-0.3, -0.25) is 0 Å². The summed E-state index contributed by atoms with van der Waals surface area (Å²) in [6, 6.07) is 1.46. The van der Waals surface area contributed by atoms with Crippen molar-refractivity contribution in [1.29, 1.82) is 0 Å². The third kappa shape index (κ3) is 1.59. The molecular weight excluding hydrogens is 242 g/mol. The van der Waals surface area contributed by atoms with Crippen molar-refractivity contribution in [2.24, 2.45) is 34.5 Å². The lowest BCUT2D eigenvalue weighted by Gasteiger charge is -2.42. The van der Waals surface area contributed by atoms with E-state index in [2.05, 4.69) is 45.2 Å². The molecule has 0 radical (unpaired) electrons. The van der Waals surface area contributed by atoms with Crippen molar-refractivity contribution in [3.05, 3.63) is 12.2 Å². The van der Waals surface area contributed by atoms with Gasteiger partial charge in [-0.15, -0.1) is 0 Å². The monoisotopic (exact) mass is 273 g/mol. The quantitative estimate of drug-likeness (QED) is 0.752. The summed E-state index contributed by atoms with van der Waals surface area (Å²) in [6.45, 7) is 10.1. The summed E-state index contributed by atoms with van der Waals surface area (Å²) in [4.78, 5) is 0. The van der Waals surface area contributed by atoms with Crippen LogP contribution in [-0.2, 0) is 0 Å². The number of allylic oxidation sites excluding steroid dienone is 2.